The van der Waals surface area contributed by atoms with Crippen molar-refractivity contribution in [2.75, 3.05) is 27.4 Å². The van der Waals surface area contributed by atoms with Gasteiger partial charge in [0.1, 0.15) is 24.1 Å². The Bertz CT molecular complexity index is 873. The number of rotatable bonds is 9. The van der Waals surface area contributed by atoms with Crippen LogP contribution in [0, 0.1) is 17.1 Å². The van der Waals surface area contributed by atoms with E-state index in [4.69, 9.17) is 14.2 Å². The summed E-state index contributed by atoms with van der Waals surface area (Å²) < 4.78 is 28.9. The van der Waals surface area contributed by atoms with E-state index >= 15 is 0 Å². The van der Waals surface area contributed by atoms with Crippen molar-refractivity contribution < 1.29 is 23.4 Å². The molecule has 146 valence electrons. The fourth-order valence-corrected chi connectivity index (χ4v) is 2.31. The number of halogens is 1. The number of hydrogen-bond donors (Lipinski definition) is 1. The molecule has 0 saturated carbocycles. The van der Waals surface area contributed by atoms with Gasteiger partial charge in [-0.2, -0.15) is 5.26 Å². The Labute approximate surface area is 163 Å². The number of ether oxygens (including phenoxy) is 3. The lowest BCUT2D eigenvalue weighted by molar-refractivity contribution is -0.117. The van der Waals surface area contributed by atoms with Gasteiger partial charge in [-0.3, -0.25) is 4.79 Å². The van der Waals surface area contributed by atoms with Crippen molar-refractivity contribution in [3.8, 4) is 17.6 Å². The highest BCUT2D eigenvalue weighted by Gasteiger charge is 2.10. The normalized spacial score (nSPS) is 10.9. The summed E-state index contributed by atoms with van der Waals surface area (Å²) in [6, 6.07) is 13.0. The van der Waals surface area contributed by atoms with Crippen molar-refractivity contribution >= 4 is 12.0 Å². The molecule has 7 heteroatoms. The zero-order valence-electron chi connectivity index (χ0n) is 15.7. The molecule has 1 N–H and O–H groups in total. The van der Waals surface area contributed by atoms with Gasteiger partial charge in [0.25, 0.3) is 5.91 Å². The summed E-state index contributed by atoms with van der Waals surface area (Å²) >= 11 is 0. The first-order valence-corrected chi connectivity index (χ1v) is 8.51. The van der Waals surface area contributed by atoms with Crippen LogP contribution in [-0.2, 0) is 16.1 Å². The third-order valence-electron chi connectivity index (χ3n) is 3.76. The molecule has 6 nitrogen and oxygen atoms in total. The standard InChI is InChI=1S/C21H21FN2O4/c1-26-10-9-24-21(25)17(13-23)11-16-5-8-19(20(12-16)27-2)28-14-15-3-6-18(22)7-4-15/h3-8,11-12H,9-10,14H2,1-2H3,(H,24,25)/b17-11+. The number of benzene rings is 2. The maximum Gasteiger partial charge on any atom is 0.262 e. The number of nitrogens with one attached hydrogen (secondary N) is 1. The highest BCUT2D eigenvalue weighted by molar-refractivity contribution is 6.01. The van der Waals surface area contributed by atoms with Crippen LogP contribution >= 0.6 is 0 Å². The van der Waals surface area contributed by atoms with Crippen molar-refractivity contribution in [1.82, 2.24) is 5.32 Å². The van der Waals surface area contributed by atoms with Crippen LogP contribution in [0.3, 0.4) is 0 Å². The van der Waals surface area contributed by atoms with Crippen molar-refractivity contribution in [1.29, 1.82) is 5.26 Å². The van der Waals surface area contributed by atoms with E-state index < -0.39 is 5.91 Å². The Kier molecular flexibility index (Phi) is 8.00. The molecular weight excluding hydrogens is 363 g/mol. The zero-order valence-corrected chi connectivity index (χ0v) is 15.7. The summed E-state index contributed by atoms with van der Waals surface area (Å²) in [7, 11) is 3.02. The molecule has 0 atom stereocenters. The highest BCUT2D eigenvalue weighted by atomic mass is 19.1. The van der Waals surface area contributed by atoms with E-state index in [0.29, 0.717) is 30.2 Å². The maximum atomic E-state index is 13.0. The number of carbonyl (C=O) groups excluding carboxylic acids is 1. The van der Waals surface area contributed by atoms with Gasteiger partial charge in [0.05, 0.1) is 13.7 Å². The van der Waals surface area contributed by atoms with E-state index in [-0.39, 0.29) is 18.0 Å². The summed E-state index contributed by atoms with van der Waals surface area (Å²) in [6.45, 7) is 0.920. The van der Waals surface area contributed by atoms with Crippen molar-refractivity contribution in [3.63, 3.8) is 0 Å². The third-order valence-corrected chi connectivity index (χ3v) is 3.76. The van der Waals surface area contributed by atoms with Gasteiger partial charge in [-0.25, -0.2) is 4.39 Å². The fourth-order valence-electron chi connectivity index (χ4n) is 2.31. The average Bonchev–Trinajstić information content (AvgIpc) is 2.72. The molecule has 28 heavy (non-hydrogen) atoms. The van der Waals surface area contributed by atoms with E-state index in [1.807, 2.05) is 6.07 Å². The Morgan fingerprint density at radius 1 is 1.18 bits per heavy atom. The van der Waals surface area contributed by atoms with Gasteiger partial charge in [0.2, 0.25) is 0 Å². The molecular formula is C21H21FN2O4. The van der Waals surface area contributed by atoms with E-state index in [9.17, 15) is 14.4 Å². The van der Waals surface area contributed by atoms with Crippen LogP contribution in [0.25, 0.3) is 6.08 Å². The maximum absolute atomic E-state index is 13.0. The quantitative estimate of drug-likeness (QED) is 0.408. The molecule has 2 aromatic rings. The first-order chi connectivity index (χ1) is 13.6. The van der Waals surface area contributed by atoms with Gasteiger partial charge in [-0.05, 0) is 41.5 Å². The predicted octanol–water partition coefficient (Wildman–Crippen LogP) is 3.08. The predicted molar refractivity (Wildman–Crippen MR) is 102 cm³/mol. The van der Waals surface area contributed by atoms with Crippen LogP contribution in [0.5, 0.6) is 11.5 Å². The Hall–Kier alpha value is -3.37. The molecule has 0 aliphatic carbocycles. The molecule has 0 heterocycles. The Morgan fingerprint density at radius 3 is 2.57 bits per heavy atom. The van der Waals surface area contributed by atoms with Gasteiger partial charge in [-0.15, -0.1) is 0 Å². The van der Waals surface area contributed by atoms with E-state index in [0.717, 1.165) is 5.56 Å². The van der Waals surface area contributed by atoms with Gasteiger partial charge < -0.3 is 19.5 Å². The molecule has 0 aliphatic rings. The van der Waals surface area contributed by atoms with E-state index in [1.165, 1.54) is 32.4 Å². The van der Waals surface area contributed by atoms with Gasteiger partial charge in [-0.1, -0.05) is 18.2 Å². The van der Waals surface area contributed by atoms with Crippen LogP contribution in [0.15, 0.2) is 48.0 Å². The molecule has 2 rings (SSSR count). The first kappa shape index (κ1) is 20.9. The van der Waals surface area contributed by atoms with Crippen molar-refractivity contribution in [2.45, 2.75) is 6.61 Å². The van der Waals surface area contributed by atoms with Crippen molar-refractivity contribution in [2.24, 2.45) is 0 Å². The lowest BCUT2D eigenvalue weighted by Crippen LogP contribution is -2.27. The van der Waals surface area contributed by atoms with Crippen molar-refractivity contribution in [3.05, 3.63) is 65.0 Å². The second-order valence-electron chi connectivity index (χ2n) is 5.74. The lowest BCUT2D eigenvalue weighted by atomic mass is 10.1. The minimum absolute atomic E-state index is 0.0295. The van der Waals surface area contributed by atoms with Crippen LogP contribution in [0.2, 0.25) is 0 Å². The first-order valence-electron chi connectivity index (χ1n) is 8.51. The molecule has 1 amide bonds. The molecule has 2 aromatic carbocycles. The van der Waals surface area contributed by atoms with Gasteiger partial charge in [0.15, 0.2) is 11.5 Å². The number of methoxy groups -OCH3 is 2. The SMILES string of the molecule is COCCNC(=O)/C(C#N)=C/c1ccc(OCc2ccc(F)cc2)c(OC)c1. The average molecular weight is 384 g/mol. The summed E-state index contributed by atoms with van der Waals surface area (Å²) in [5.74, 6) is 0.159. The van der Waals surface area contributed by atoms with Gasteiger partial charge >= 0.3 is 0 Å². The number of carbonyl (C=O) groups is 1. The fraction of sp³-hybridized carbons (Fsp3) is 0.238. The molecule has 0 bridgehead atoms. The second-order valence-corrected chi connectivity index (χ2v) is 5.74. The summed E-state index contributed by atoms with van der Waals surface area (Å²) in [6.07, 6.45) is 1.47. The molecule has 0 aliphatic heterocycles. The monoisotopic (exact) mass is 384 g/mol. The Morgan fingerprint density at radius 2 is 1.93 bits per heavy atom. The molecule has 0 spiro atoms. The second kappa shape index (κ2) is 10.7. The number of amides is 1. The molecule has 0 radical (unpaired) electrons. The topological polar surface area (TPSA) is 80.6 Å². The summed E-state index contributed by atoms with van der Waals surface area (Å²) in [5.41, 5.74) is 1.40. The molecule has 0 unspecified atom stereocenters. The number of hydrogen-bond acceptors (Lipinski definition) is 5. The molecule has 0 fully saturated rings. The smallest absolute Gasteiger partial charge is 0.262 e. The van der Waals surface area contributed by atoms with Gasteiger partial charge in [0, 0.05) is 13.7 Å². The number of nitrogens with zero attached hydrogens (tertiary/aromatic N) is 1. The van der Waals surface area contributed by atoms with E-state index in [1.54, 1.807) is 30.3 Å². The van der Waals surface area contributed by atoms with Crippen LogP contribution in [-0.4, -0.2) is 33.3 Å². The molecule has 0 aromatic heterocycles. The summed E-state index contributed by atoms with van der Waals surface area (Å²) in [4.78, 5) is 12.0. The lowest BCUT2D eigenvalue weighted by Gasteiger charge is -2.11. The zero-order chi connectivity index (χ0) is 20.4. The minimum atomic E-state index is -0.477. The largest absolute Gasteiger partial charge is 0.493 e. The highest BCUT2D eigenvalue weighted by Crippen LogP contribution is 2.29. The Balaban J connectivity index is 2.11. The van der Waals surface area contributed by atoms with E-state index in [2.05, 4.69) is 5.32 Å². The van der Waals surface area contributed by atoms with Crippen LogP contribution in [0.1, 0.15) is 11.1 Å². The minimum Gasteiger partial charge on any atom is -0.493 e. The molecule has 0 saturated heterocycles. The summed E-state index contributed by atoms with van der Waals surface area (Å²) in [5, 5.41) is 11.8. The number of nitriles is 1. The van der Waals surface area contributed by atoms with Crippen LogP contribution < -0.4 is 14.8 Å². The van der Waals surface area contributed by atoms with Crippen LogP contribution in [0.4, 0.5) is 4.39 Å². The third kappa shape index (κ3) is 6.11.